The predicted molar refractivity (Wildman–Crippen MR) is 252 cm³/mol. The molecule has 284 valence electrons. The van der Waals surface area contributed by atoms with Crippen LogP contribution in [0.25, 0.3) is 0 Å². The van der Waals surface area contributed by atoms with Crippen molar-refractivity contribution in [3.8, 4) is 0 Å². The van der Waals surface area contributed by atoms with Crippen LogP contribution in [0.4, 0.5) is 34.1 Å². The van der Waals surface area contributed by atoms with Crippen LogP contribution in [0.2, 0.25) is 0 Å². The van der Waals surface area contributed by atoms with E-state index in [1.165, 1.54) is 96.7 Å². The van der Waals surface area contributed by atoms with Gasteiger partial charge in [-0.2, -0.15) is 0 Å². The van der Waals surface area contributed by atoms with Gasteiger partial charge in [-0.05, 0) is 91.5 Å². The Morgan fingerprint density at radius 2 is 0.695 bits per heavy atom. The average Bonchev–Trinajstić information content (AvgIpc) is 3.27. The van der Waals surface area contributed by atoms with Gasteiger partial charge in [0.05, 0.1) is 34.1 Å². The molecule has 4 heterocycles. The highest BCUT2D eigenvalue weighted by Gasteiger charge is 2.53. The maximum atomic E-state index is 2.57. The molecule has 4 aliphatic rings. The van der Waals surface area contributed by atoms with Gasteiger partial charge in [-0.3, -0.25) is 0 Å². The predicted octanol–water partition coefficient (Wildman–Crippen LogP) is 12.2. The number of nitrogens with zero attached hydrogens (tertiary/aromatic N) is 2. The first-order valence-electron chi connectivity index (χ1n) is 20.6. The summed E-state index contributed by atoms with van der Waals surface area (Å²) in [5.41, 5.74) is 12.7. The summed E-state index contributed by atoms with van der Waals surface area (Å²) >= 11 is 3.94. The van der Waals surface area contributed by atoms with Crippen molar-refractivity contribution in [2.24, 2.45) is 0 Å². The monoisotopic (exact) mass is 810 g/mol. The Hall–Kier alpha value is -5.72. The molecule has 5 heteroatoms. The van der Waals surface area contributed by atoms with Gasteiger partial charge in [0.1, 0.15) is 0 Å². The smallest absolute Gasteiger partial charge is 0.184 e. The summed E-state index contributed by atoms with van der Waals surface area (Å²) in [6, 6.07) is 69.2. The average molecular weight is 811 g/mol. The molecule has 0 saturated heterocycles. The number of rotatable bonds is 3. The van der Waals surface area contributed by atoms with Gasteiger partial charge in [0.25, 0.3) is 0 Å². The fourth-order valence-corrected chi connectivity index (χ4v) is 20.4. The second-order valence-corrected chi connectivity index (χ2v) is 23.0. The van der Waals surface area contributed by atoms with Gasteiger partial charge in [-0.15, -0.1) is 0 Å². The van der Waals surface area contributed by atoms with Gasteiger partial charge in [0, 0.05) is 30.4 Å². The van der Waals surface area contributed by atoms with Crippen molar-refractivity contribution in [3.63, 3.8) is 0 Å². The third-order valence-corrected chi connectivity index (χ3v) is 21.6. The van der Waals surface area contributed by atoms with Crippen LogP contribution < -0.4 is 30.5 Å². The van der Waals surface area contributed by atoms with E-state index in [4.69, 9.17) is 0 Å². The highest BCUT2D eigenvalue weighted by atomic mass is 32.2. The first kappa shape index (κ1) is 35.2. The van der Waals surface area contributed by atoms with Gasteiger partial charge in [-0.1, -0.05) is 185 Å². The third kappa shape index (κ3) is 4.67. The van der Waals surface area contributed by atoms with E-state index < -0.39 is 8.07 Å². The minimum atomic E-state index is -2.96. The van der Waals surface area contributed by atoms with Crippen LogP contribution in [0.15, 0.2) is 202 Å². The van der Waals surface area contributed by atoms with Crippen molar-refractivity contribution in [3.05, 3.63) is 204 Å². The Kier molecular flexibility index (Phi) is 7.55. The number of fused-ring (bicyclic) bond motifs is 8. The first-order valence-corrected chi connectivity index (χ1v) is 24.2. The fourth-order valence-electron chi connectivity index (χ4n) is 10.9. The van der Waals surface area contributed by atoms with Gasteiger partial charge in [0.2, 0.25) is 0 Å². The van der Waals surface area contributed by atoms with E-state index in [1.807, 2.05) is 23.5 Å². The zero-order valence-electron chi connectivity index (χ0n) is 33.5. The van der Waals surface area contributed by atoms with Crippen molar-refractivity contribution in [1.29, 1.82) is 0 Å². The molecule has 0 N–H and O–H groups in total. The molecular formula is C54H42N2S2Si. The number of para-hydroxylation sites is 4. The lowest BCUT2D eigenvalue weighted by molar-refractivity contribution is 0.631. The summed E-state index contributed by atoms with van der Waals surface area (Å²) in [6.45, 7) is 9.50. The van der Waals surface area contributed by atoms with E-state index >= 15 is 0 Å². The number of hydrogen-bond donors (Lipinski definition) is 0. The van der Waals surface area contributed by atoms with Crippen molar-refractivity contribution < 1.29 is 0 Å². The molecule has 12 rings (SSSR count). The molecule has 0 radical (unpaired) electrons. The zero-order valence-corrected chi connectivity index (χ0v) is 36.2. The second kappa shape index (κ2) is 12.6. The maximum absolute atomic E-state index is 2.96. The summed E-state index contributed by atoms with van der Waals surface area (Å²) in [4.78, 5) is 10.6. The molecule has 0 aliphatic carbocycles. The maximum Gasteiger partial charge on any atom is 0.184 e. The Bertz CT molecular complexity index is 2760. The SMILES string of the molecule is CC1(C)c2ccccc2N(c2cccc3c2Sc2cccc4c2[Si]3(c2ccccc2)c2cccc(N3c5ccccc5C(C)(C)c5ccccc53)c2S4)c2ccccc21. The topological polar surface area (TPSA) is 6.48 Å². The molecule has 0 bridgehead atoms. The fraction of sp³-hybridized carbons (Fsp3) is 0.111. The molecule has 59 heavy (non-hydrogen) atoms. The van der Waals surface area contributed by atoms with Crippen LogP contribution >= 0.6 is 23.5 Å². The molecule has 4 aliphatic heterocycles. The lowest BCUT2D eigenvalue weighted by Crippen LogP contribution is -2.78. The van der Waals surface area contributed by atoms with Crippen LogP contribution in [0.1, 0.15) is 49.9 Å². The number of hydrogen-bond acceptors (Lipinski definition) is 4. The molecule has 2 nitrogen and oxygen atoms in total. The highest BCUT2D eigenvalue weighted by Crippen LogP contribution is 2.57. The van der Waals surface area contributed by atoms with E-state index in [0.29, 0.717) is 0 Å². The minimum absolute atomic E-state index is 0.135. The Labute approximate surface area is 356 Å². The largest absolute Gasteiger partial charge is 0.309 e. The molecule has 0 atom stereocenters. The molecule has 0 amide bonds. The van der Waals surface area contributed by atoms with E-state index in [0.717, 1.165) is 0 Å². The van der Waals surface area contributed by atoms with Gasteiger partial charge in [0.15, 0.2) is 8.07 Å². The molecule has 8 aromatic carbocycles. The number of anilines is 6. The van der Waals surface area contributed by atoms with Crippen LogP contribution in [-0.4, -0.2) is 8.07 Å². The minimum Gasteiger partial charge on any atom is -0.309 e. The molecule has 0 unspecified atom stereocenters. The van der Waals surface area contributed by atoms with E-state index in [-0.39, 0.29) is 10.8 Å². The molecule has 0 saturated carbocycles. The highest BCUT2D eigenvalue weighted by molar-refractivity contribution is 8.01. The van der Waals surface area contributed by atoms with E-state index in [1.54, 1.807) is 0 Å². The normalized spacial score (nSPS) is 16.7. The molecule has 0 spiro atoms. The van der Waals surface area contributed by atoms with Gasteiger partial charge < -0.3 is 9.80 Å². The van der Waals surface area contributed by atoms with E-state index in [2.05, 4.69) is 219 Å². The molecule has 0 fully saturated rings. The molecular weight excluding hydrogens is 769 g/mol. The summed E-state index contributed by atoms with van der Waals surface area (Å²) < 4.78 is 0. The first-order chi connectivity index (χ1) is 28.8. The quantitative estimate of drug-likeness (QED) is 0.164. The Balaban J connectivity index is 1.17. The zero-order chi connectivity index (χ0) is 39.7. The Morgan fingerprint density at radius 3 is 1.10 bits per heavy atom. The van der Waals surface area contributed by atoms with Crippen LogP contribution in [0, 0.1) is 0 Å². The van der Waals surface area contributed by atoms with Crippen LogP contribution in [0.3, 0.4) is 0 Å². The van der Waals surface area contributed by atoms with Gasteiger partial charge >= 0.3 is 0 Å². The molecule has 0 aromatic heterocycles. The van der Waals surface area contributed by atoms with Crippen molar-refractivity contribution in [2.75, 3.05) is 9.80 Å². The van der Waals surface area contributed by atoms with Gasteiger partial charge in [-0.25, -0.2) is 0 Å². The van der Waals surface area contributed by atoms with Crippen LogP contribution in [0.5, 0.6) is 0 Å². The standard InChI is InChI=1S/C54H42N2S2Si/c1-53(2)36-21-8-12-25-40(36)55(41-26-13-9-22-37(41)53)44-29-16-33-48-50(44)57-46-31-18-32-47-52(46)59(48,35-19-6-5-7-20-35)49-34-17-30-45(51(49)58-47)56-42-27-14-10-23-38(42)54(3,4)39-24-11-15-28-43(39)56/h5-34H,1-4H3. The third-order valence-electron chi connectivity index (χ3n) is 13.5. The summed E-state index contributed by atoms with van der Waals surface area (Å²) in [6.07, 6.45) is 0. The lowest BCUT2D eigenvalue weighted by atomic mass is 9.73. The van der Waals surface area contributed by atoms with Crippen LogP contribution in [-0.2, 0) is 10.8 Å². The second-order valence-electron chi connectivity index (χ2n) is 17.2. The Morgan fingerprint density at radius 1 is 0.356 bits per heavy atom. The van der Waals surface area contributed by atoms with E-state index in [9.17, 15) is 0 Å². The number of benzene rings is 8. The summed E-state index contributed by atoms with van der Waals surface area (Å²) in [5.74, 6) is 0. The summed E-state index contributed by atoms with van der Waals surface area (Å²) in [7, 11) is -2.96. The van der Waals surface area contributed by atoms with Crippen molar-refractivity contribution in [2.45, 2.75) is 58.1 Å². The van der Waals surface area contributed by atoms with Crippen molar-refractivity contribution >= 4 is 86.5 Å². The molecule has 8 aromatic rings. The summed E-state index contributed by atoms with van der Waals surface area (Å²) in [5, 5.41) is 5.87. The van der Waals surface area contributed by atoms with Crippen molar-refractivity contribution in [1.82, 2.24) is 0 Å². The lowest BCUT2D eigenvalue weighted by Gasteiger charge is -2.48.